The highest BCUT2D eigenvalue weighted by molar-refractivity contribution is 5.31. The number of aromatic nitrogens is 1. The largest absolute Gasteiger partial charge is 0.496 e. The Morgan fingerprint density at radius 3 is 2.62 bits per heavy atom. The van der Waals surface area contributed by atoms with Crippen LogP contribution in [0.2, 0.25) is 0 Å². The van der Waals surface area contributed by atoms with Gasteiger partial charge in [0.25, 0.3) is 0 Å². The monoisotopic (exact) mass is 213 g/mol. The number of benzene rings is 1. The zero-order valence-electron chi connectivity index (χ0n) is 9.39. The van der Waals surface area contributed by atoms with Crippen LogP contribution in [0, 0.1) is 0 Å². The van der Waals surface area contributed by atoms with E-state index in [2.05, 4.69) is 29.2 Å². The fourth-order valence-corrected chi connectivity index (χ4v) is 1.72. The molecule has 0 bridgehead atoms. The maximum Gasteiger partial charge on any atom is 0.125 e. The molecule has 2 aromatic rings. The van der Waals surface area contributed by atoms with E-state index in [1.165, 1.54) is 5.56 Å². The summed E-state index contributed by atoms with van der Waals surface area (Å²) in [6.45, 7) is 0. The second-order valence-electron chi connectivity index (χ2n) is 3.67. The lowest BCUT2D eigenvalue weighted by Gasteiger charge is -2.07. The standard InChI is InChI=1S/C14H15NO/c1-16-14-9-10-15-11-13(14)8-7-12-5-3-2-4-6-12/h2-6,9-11H,7-8H2,1H3. The molecule has 0 saturated heterocycles. The van der Waals surface area contributed by atoms with Gasteiger partial charge in [0.05, 0.1) is 7.11 Å². The van der Waals surface area contributed by atoms with Crippen LogP contribution in [0.5, 0.6) is 5.75 Å². The molecule has 0 atom stereocenters. The molecule has 0 aliphatic rings. The molecule has 0 aliphatic heterocycles. The third-order valence-electron chi connectivity index (χ3n) is 2.60. The Morgan fingerprint density at radius 1 is 1.06 bits per heavy atom. The Labute approximate surface area is 95.9 Å². The zero-order valence-corrected chi connectivity index (χ0v) is 9.39. The van der Waals surface area contributed by atoms with Crippen molar-refractivity contribution in [3.8, 4) is 5.75 Å². The molecule has 1 heterocycles. The van der Waals surface area contributed by atoms with Gasteiger partial charge >= 0.3 is 0 Å². The van der Waals surface area contributed by atoms with Crippen LogP contribution < -0.4 is 4.74 Å². The fraction of sp³-hybridized carbons (Fsp3) is 0.214. The lowest BCUT2D eigenvalue weighted by atomic mass is 10.1. The van der Waals surface area contributed by atoms with Gasteiger partial charge in [0.1, 0.15) is 5.75 Å². The van der Waals surface area contributed by atoms with Crippen molar-refractivity contribution in [2.45, 2.75) is 12.8 Å². The van der Waals surface area contributed by atoms with Crippen molar-refractivity contribution in [1.82, 2.24) is 4.98 Å². The SMILES string of the molecule is COc1ccncc1CCc1ccccc1. The predicted molar refractivity (Wildman–Crippen MR) is 64.6 cm³/mol. The van der Waals surface area contributed by atoms with Crippen LogP contribution in [0.3, 0.4) is 0 Å². The van der Waals surface area contributed by atoms with Gasteiger partial charge in [-0.3, -0.25) is 4.98 Å². The smallest absolute Gasteiger partial charge is 0.125 e. The first kappa shape index (κ1) is 10.7. The van der Waals surface area contributed by atoms with Crippen molar-refractivity contribution >= 4 is 0 Å². The molecule has 0 spiro atoms. The maximum atomic E-state index is 5.29. The summed E-state index contributed by atoms with van der Waals surface area (Å²) in [5.41, 5.74) is 2.50. The molecule has 0 saturated carbocycles. The molecule has 2 rings (SSSR count). The van der Waals surface area contributed by atoms with Crippen LogP contribution in [0.1, 0.15) is 11.1 Å². The Morgan fingerprint density at radius 2 is 1.88 bits per heavy atom. The highest BCUT2D eigenvalue weighted by Crippen LogP contribution is 2.17. The van der Waals surface area contributed by atoms with Crippen molar-refractivity contribution in [1.29, 1.82) is 0 Å². The molecule has 2 heteroatoms. The molecule has 16 heavy (non-hydrogen) atoms. The van der Waals surface area contributed by atoms with Gasteiger partial charge in [0.2, 0.25) is 0 Å². The topological polar surface area (TPSA) is 22.1 Å². The fourth-order valence-electron chi connectivity index (χ4n) is 1.72. The summed E-state index contributed by atoms with van der Waals surface area (Å²) in [5, 5.41) is 0. The number of aryl methyl sites for hydroxylation is 2. The van der Waals surface area contributed by atoms with Crippen LogP contribution in [0.15, 0.2) is 48.8 Å². The minimum absolute atomic E-state index is 0.922. The van der Waals surface area contributed by atoms with Crippen LogP contribution in [0.25, 0.3) is 0 Å². The van der Waals surface area contributed by atoms with Crippen molar-refractivity contribution in [2.75, 3.05) is 7.11 Å². The summed E-state index contributed by atoms with van der Waals surface area (Å²) in [7, 11) is 1.70. The molecule has 0 amide bonds. The van der Waals surface area contributed by atoms with E-state index in [0.717, 1.165) is 24.2 Å². The number of pyridine rings is 1. The van der Waals surface area contributed by atoms with E-state index >= 15 is 0 Å². The van der Waals surface area contributed by atoms with Crippen molar-refractivity contribution in [3.05, 3.63) is 59.9 Å². The number of methoxy groups -OCH3 is 1. The Kier molecular flexibility index (Phi) is 3.54. The zero-order chi connectivity index (χ0) is 11.2. The average Bonchev–Trinajstić information content (AvgIpc) is 2.38. The molecule has 0 unspecified atom stereocenters. The van der Waals surface area contributed by atoms with Gasteiger partial charge in [-0.1, -0.05) is 30.3 Å². The molecule has 1 aromatic carbocycles. The molecule has 1 aromatic heterocycles. The quantitative estimate of drug-likeness (QED) is 0.779. The Bertz CT molecular complexity index is 439. The first-order chi connectivity index (χ1) is 7.90. The molecule has 0 fully saturated rings. The highest BCUT2D eigenvalue weighted by atomic mass is 16.5. The van der Waals surface area contributed by atoms with Crippen molar-refractivity contribution < 1.29 is 4.74 Å². The van der Waals surface area contributed by atoms with E-state index in [9.17, 15) is 0 Å². The second kappa shape index (κ2) is 5.31. The lowest BCUT2D eigenvalue weighted by Crippen LogP contribution is -1.96. The Hall–Kier alpha value is -1.83. The molecule has 2 nitrogen and oxygen atoms in total. The molecule has 0 radical (unpaired) electrons. The average molecular weight is 213 g/mol. The number of rotatable bonds is 4. The van der Waals surface area contributed by atoms with Gasteiger partial charge in [-0.15, -0.1) is 0 Å². The van der Waals surface area contributed by atoms with E-state index < -0.39 is 0 Å². The summed E-state index contributed by atoms with van der Waals surface area (Å²) >= 11 is 0. The van der Waals surface area contributed by atoms with E-state index in [0.29, 0.717) is 0 Å². The number of nitrogens with zero attached hydrogens (tertiary/aromatic N) is 1. The van der Waals surface area contributed by atoms with Gasteiger partial charge in [-0.05, 0) is 24.5 Å². The number of hydrogen-bond donors (Lipinski definition) is 0. The summed E-state index contributed by atoms with van der Waals surface area (Å²) in [4.78, 5) is 4.13. The third kappa shape index (κ3) is 2.60. The normalized spacial score (nSPS) is 10.1. The lowest BCUT2D eigenvalue weighted by molar-refractivity contribution is 0.409. The highest BCUT2D eigenvalue weighted by Gasteiger charge is 2.02. The predicted octanol–water partition coefficient (Wildman–Crippen LogP) is 2.88. The first-order valence-electron chi connectivity index (χ1n) is 5.41. The van der Waals surface area contributed by atoms with E-state index in [1.54, 1.807) is 13.3 Å². The molecule has 0 aliphatic carbocycles. The summed E-state index contributed by atoms with van der Waals surface area (Å²) < 4.78 is 5.29. The second-order valence-corrected chi connectivity index (χ2v) is 3.67. The van der Waals surface area contributed by atoms with E-state index in [1.807, 2.05) is 18.3 Å². The Balaban J connectivity index is 2.05. The van der Waals surface area contributed by atoms with Gasteiger partial charge in [-0.2, -0.15) is 0 Å². The maximum absolute atomic E-state index is 5.29. The van der Waals surface area contributed by atoms with Gasteiger partial charge in [0.15, 0.2) is 0 Å². The van der Waals surface area contributed by atoms with Crippen LogP contribution in [0.4, 0.5) is 0 Å². The summed E-state index contributed by atoms with van der Waals surface area (Å²) in [6.07, 6.45) is 5.61. The number of ether oxygens (including phenoxy) is 1. The van der Waals surface area contributed by atoms with Gasteiger partial charge < -0.3 is 4.74 Å². The van der Waals surface area contributed by atoms with Crippen LogP contribution in [-0.4, -0.2) is 12.1 Å². The molecular formula is C14H15NO. The van der Waals surface area contributed by atoms with Crippen LogP contribution >= 0.6 is 0 Å². The van der Waals surface area contributed by atoms with Gasteiger partial charge in [0, 0.05) is 18.0 Å². The third-order valence-corrected chi connectivity index (χ3v) is 2.60. The van der Waals surface area contributed by atoms with E-state index in [-0.39, 0.29) is 0 Å². The minimum atomic E-state index is 0.922. The molecule has 0 N–H and O–H groups in total. The summed E-state index contributed by atoms with van der Waals surface area (Å²) in [6, 6.07) is 12.4. The first-order valence-corrected chi connectivity index (χ1v) is 5.41. The minimum Gasteiger partial charge on any atom is -0.496 e. The molecule has 82 valence electrons. The van der Waals surface area contributed by atoms with Crippen molar-refractivity contribution in [3.63, 3.8) is 0 Å². The van der Waals surface area contributed by atoms with Gasteiger partial charge in [-0.25, -0.2) is 0 Å². The molecular weight excluding hydrogens is 198 g/mol. The van der Waals surface area contributed by atoms with Crippen molar-refractivity contribution in [2.24, 2.45) is 0 Å². The number of hydrogen-bond acceptors (Lipinski definition) is 2. The summed E-state index contributed by atoms with van der Waals surface area (Å²) in [5.74, 6) is 0.922. The van der Waals surface area contributed by atoms with Crippen LogP contribution in [-0.2, 0) is 12.8 Å². The van der Waals surface area contributed by atoms with E-state index in [4.69, 9.17) is 4.74 Å².